The number of esters is 1. The van der Waals surface area contributed by atoms with Crippen LogP contribution >= 0.6 is 0 Å². The monoisotopic (exact) mass is 467 g/mol. The Morgan fingerprint density at radius 1 is 1.00 bits per heavy atom. The number of nitrogens with one attached hydrogen (secondary N) is 1. The van der Waals surface area contributed by atoms with Crippen molar-refractivity contribution in [3.05, 3.63) is 96.3 Å². The van der Waals surface area contributed by atoms with E-state index in [1.165, 1.54) is 15.9 Å². The second kappa shape index (κ2) is 9.38. The lowest BCUT2D eigenvalue weighted by Crippen LogP contribution is -2.38. The first-order valence-corrected chi connectivity index (χ1v) is 11.5. The lowest BCUT2D eigenvalue weighted by molar-refractivity contribution is -0.136. The lowest BCUT2D eigenvalue weighted by atomic mass is 10.0. The van der Waals surface area contributed by atoms with Gasteiger partial charge in [0.1, 0.15) is 5.75 Å². The summed E-state index contributed by atoms with van der Waals surface area (Å²) in [5.74, 6) is -0.445. The van der Waals surface area contributed by atoms with Crippen LogP contribution in [0.3, 0.4) is 0 Å². The Labute approximate surface area is 202 Å². The van der Waals surface area contributed by atoms with Crippen LogP contribution < -0.4 is 4.90 Å². The second-order valence-corrected chi connectivity index (χ2v) is 8.20. The molecule has 1 aliphatic rings. The summed E-state index contributed by atoms with van der Waals surface area (Å²) in [5.41, 5.74) is 4.02. The van der Waals surface area contributed by atoms with E-state index in [-0.39, 0.29) is 18.4 Å². The highest BCUT2D eigenvalue weighted by Gasteiger charge is 2.30. The zero-order valence-electron chi connectivity index (χ0n) is 19.3. The van der Waals surface area contributed by atoms with E-state index in [4.69, 9.17) is 4.74 Å². The van der Waals surface area contributed by atoms with Crippen LogP contribution in [0.4, 0.5) is 16.2 Å². The zero-order chi connectivity index (χ0) is 24.4. The summed E-state index contributed by atoms with van der Waals surface area (Å²) in [6, 6.07) is 23.3. The van der Waals surface area contributed by atoms with Crippen LogP contribution in [0.2, 0.25) is 0 Å². The maximum atomic E-state index is 14.0. The van der Waals surface area contributed by atoms with E-state index in [1.54, 1.807) is 31.3 Å². The van der Waals surface area contributed by atoms with Crippen molar-refractivity contribution >= 4 is 39.9 Å². The van der Waals surface area contributed by atoms with Gasteiger partial charge in [-0.25, -0.2) is 9.59 Å². The third-order valence-electron chi connectivity index (χ3n) is 6.01. The number of carbonyl (C=O) groups is 2. The van der Waals surface area contributed by atoms with Gasteiger partial charge in [0.15, 0.2) is 0 Å². The van der Waals surface area contributed by atoms with E-state index in [9.17, 15) is 14.7 Å². The molecule has 0 radical (unpaired) electrons. The molecule has 1 aromatic heterocycles. The molecule has 2 heterocycles. The molecule has 0 bridgehead atoms. The number of ether oxygens (including phenoxy) is 1. The van der Waals surface area contributed by atoms with Crippen molar-refractivity contribution in [3.8, 4) is 5.75 Å². The topological polar surface area (TPSA) is 85.9 Å². The first-order chi connectivity index (χ1) is 17.1. The van der Waals surface area contributed by atoms with Crippen LogP contribution in [-0.2, 0) is 16.0 Å². The molecular formula is C28H25N3O4. The number of hydrogen-bond acceptors (Lipinski definition) is 4. The molecule has 7 nitrogen and oxygen atoms in total. The van der Waals surface area contributed by atoms with Crippen molar-refractivity contribution in [3.63, 3.8) is 0 Å². The maximum absolute atomic E-state index is 14.0. The molecule has 0 unspecified atom stereocenters. The van der Waals surface area contributed by atoms with Gasteiger partial charge in [0.2, 0.25) is 0 Å². The number of carbonyl (C=O) groups excluding carboxylic acids is 2. The average molecular weight is 468 g/mol. The largest absolute Gasteiger partial charge is 0.508 e. The summed E-state index contributed by atoms with van der Waals surface area (Å²) in [7, 11) is 0. The third-order valence-corrected chi connectivity index (χ3v) is 6.01. The Morgan fingerprint density at radius 2 is 1.74 bits per heavy atom. The summed E-state index contributed by atoms with van der Waals surface area (Å²) in [6.07, 6.45) is 2.12. The van der Waals surface area contributed by atoms with Gasteiger partial charge in [-0.1, -0.05) is 42.5 Å². The van der Waals surface area contributed by atoms with Crippen LogP contribution in [0.15, 0.2) is 85.1 Å². The van der Waals surface area contributed by atoms with E-state index in [0.29, 0.717) is 35.6 Å². The Balaban J connectivity index is 1.61. The van der Waals surface area contributed by atoms with Gasteiger partial charge < -0.3 is 14.8 Å². The van der Waals surface area contributed by atoms with Gasteiger partial charge in [-0.3, -0.25) is 9.80 Å². The number of phenols is 1. The third kappa shape index (κ3) is 4.24. The molecule has 2 N–H and O–H groups in total. The molecule has 1 aliphatic heterocycles. The van der Waals surface area contributed by atoms with E-state index in [1.807, 2.05) is 54.6 Å². The number of anilines is 2. The predicted molar refractivity (Wildman–Crippen MR) is 135 cm³/mol. The molecule has 0 atom stereocenters. The number of H-pyrrole nitrogens is 1. The number of para-hydroxylation sites is 2. The minimum atomic E-state index is -0.497. The van der Waals surface area contributed by atoms with Crippen molar-refractivity contribution in [1.29, 1.82) is 0 Å². The minimum Gasteiger partial charge on any atom is -0.508 e. The number of phenolic OH excluding ortho intramolecular Hbond substituents is 1. The standard InChI is InChI=1S/C28H25N3O4/c1-2-35-27(33)24-18-30(16-15-23-22-13-6-7-14-25(22)29-26(23)24)28(34)31(19-9-4-3-5-10-19)20-11-8-12-21(32)17-20/h3-14,17-18,29,32H,2,15-16H2,1H3. The molecule has 0 saturated carbocycles. The Bertz CT molecular complexity index is 1420. The van der Waals surface area contributed by atoms with Gasteiger partial charge in [-0.05, 0) is 49.2 Å². The molecule has 176 valence electrons. The van der Waals surface area contributed by atoms with Gasteiger partial charge in [0, 0.05) is 29.7 Å². The molecule has 2 amide bonds. The number of fused-ring (bicyclic) bond motifs is 3. The van der Waals surface area contributed by atoms with Gasteiger partial charge in [0.05, 0.1) is 29.2 Å². The van der Waals surface area contributed by atoms with Crippen molar-refractivity contribution < 1.29 is 19.4 Å². The number of aromatic amines is 1. The number of rotatable bonds is 4. The summed E-state index contributed by atoms with van der Waals surface area (Å²) >= 11 is 0. The van der Waals surface area contributed by atoms with Crippen LogP contribution in [0.5, 0.6) is 5.75 Å². The van der Waals surface area contributed by atoms with Crippen molar-refractivity contribution in [1.82, 2.24) is 9.88 Å². The Hall–Kier alpha value is -4.52. The number of nitrogens with zero attached hydrogens (tertiary/aromatic N) is 2. The molecule has 0 saturated heterocycles. The number of aromatic nitrogens is 1. The highest BCUT2D eigenvalue weighted by Crippen LogP contribution is 2.34. The summed E-state index contributed by atoms with van der Waals surface area (Å²) in [5, 5.41) is 11.1. The zero-order valence-corrected chi connectivity index (χ0v) is 19.3. The predicted octanol–water partition coefficient (Wildman–Crippen LogP) is 5.59. The van der Waals surface area contributed by atoms with Crippen LogP contribution in [0.25, 0.3) is 16.5 Å². The van der Waals surface area contributed by atoms with Crippen LogP contribution in [-0.4, -0.2) is 40.1 Å². The smallest absolute Gasteiger partial charge is 0.341 e. The molecule has 7 heteroatoms. The van der Waals surface area contributed by atoms with E-state index in [2.05, 4.69) is 4.98 Å². The number of amides is 2. The van der Waals surface area contributed by atoms with Crippen molar-refractivity contribution in [2.24, 2.45) is 0 Å². The molecule has 0 fully saturated rings. The van der Waals surface area contributed by atoms with Crippen LogP contribution in [0.1, 0.15) is 18.2 Å². The van der Waals surface area contributed by atoms with Crippen LogP contribution in [0, 0.1) is 0 Å². The van der Waals surface area contributed by atoms with Gasteiger partial charge in [-0.2, -0.15) is 0 Å². The normalized spacial score (nSPS) is 13.1. The molecule has 4 aromatic rings. The number of aromatic hydroxyl groups is 1. The average Bonchev–Trinajstić information content (AvgIpc) is 3.12. The van der Waals surface area contributed by atoms with E-state index < -0.39 is 5.97 Å². The number of hydrogen-bond donors (Lipinski definition) is 2. The molecule has 0 spiro atoms. The SMILES string of the molecule is CCOC(=O)C1=CN(C(=O)N(c2ccccc2)c2cccc(O)c2)CCc2c1[nH]c1ccccc21. The summed E-state index contributed by atoms with van der Waals surface area (Å²) < 4.78 is 5.35. The summed E-state index contributed by atoms with van der Waals surface area (Å²) in [6.45, 7) is 2.33. The fourth-order valence-corrected chi connectivity index (χ4v) is 4.43. The second-order valence-electron chi connectivity index (χ2n) is 8.20. The molecule has 0 aliphatic carbocycles. The highest BCUT2D eigenvalue weighted by molar-refractivity contribution is 6.18. The quantitative estimate of drug-likeness (QED) is 0.383. The van der Waals surface area contributed by atoms with Crippen molar-refractivity contribution in [2.45, 2.75) is 13.3 Å². The Kier molecular flexibility index (Phi) is 5.97. The van der Waals surface area contributed by atoms with Gasteiger partial charge in [-0.15, -0.1) is 0 Å². The molecule has 5 rings (SSSR count). The van der Waals surface area contributed by atoms with Gasteiger partial charge >= 0.3 is 12.0 Å². The van der Waals surface area contributed by atoms with Gasteiger partial charge in [0.25, 0.3) is 0 Å². The maximum Gasteiger partial charge on any atom is 0.341 e. The lowest BCUT2D eigenvalue weighted by Gasteiger charge is -2.29. The Morgan fingerprint density at radius 3 is 2.51 bits per heavy atom. The van der Waals surface area contributed by atoms with E-state index >= 15 is 0 Å². The van der Waals surface area contributed by atoms with Crippen molar-refractivity contribution in [2.75, 3.05) is 18.1 Å². The first kappa shape index (κ1) is 22.3. The number of benzene rings is 3. The number of urea groups is 1. The highest BCUT2D eigenvalue weighted by atomic mass is 16.5. The van der Waals surface area contributed by atoms with E-state index in [0.717, 1.165) is 16.5 Å². The first-order valence-electron chi connectivity index (χ1n) is 11.5. The fraction of sp³-hybridized carbons (Fsp3) is 0.143. The minimum absolute atomic E-state index is 0.0521. The molecular weight excluding hydrogens is 442 g/mol. The molecule has 3 aromatic carbocycles. The fourth-order valence-electron chi connectivity index (χ4n) is 4.43. The molecule has 35 heavy (non-hydrogen) atoms. The summed E-state index contributed by atoms with van der Waals surface area (Å²) in [4.78, 5) is 33.4.